The topological polar surface area (TPSA) is 66.8 Å². The molecule has 0 spiro atoms. The lowest BCUT2D eigenvalue weighted by Crippen LogP contribution is -2.26. The Morgan fingerprint density at radius 1 is 1.69 bits per heavy atom. The van der Waals surface area contributed by atoms with Crippen molar-refractivity contribution in [3.8, 4) is 0 Å². The highest BCUT2D eigenvalue weighted by molar-refractivity contribution is 5.83. The Morgan fingerprint density at radius 3 is 3.15 bits per heavy atom. The van der Waals surface area contributed by atoms with Gasteiger partial charge in [0.1, 0.15) is 5.76 Å². The molecule has 0 aromatic carbocycles. The smallest absolute Gasteiger partial charge is 0.415 e. The van der Waals surface area contributed by atoms with Crippen LogP contribution in [-0.2, 0) is 9.53 Å². The second-order valence-corrected chi connectivity index (χ2v) is 3.10. The zero-order chi connectivity index (χ0) is 9.42. The van der Waals surface area contributed by atoms with Gasteiger partial charge in [0, 0.05) is 6.54 Å². The van der Waals surface area contributed by atoms with Crippen molar-refractivity contribution in [1.29, 1.82) is 0 Å². The summed E-state index contributed by atoms with van der Waals surface area (Å²) >= 11 is 0. The zero-order valence-corrected chi connectivity index (χ0v) is 6.90. The molecule has 2 fully saturated rings. The van der Waals surface area contributed by atoms with Gasteiger partial charge in [0.2, 0.25) is 0 Å². The van der Waals surface area contributed by atoms with Crippen molar-refractivity contribution in [2.75, 3.05) is 6.54 Å². The summed E-state index contributed by atoms with van der Waals surface area (Å²) in [4.78, 5) is 23.0. The molecule has 2 saturated heterocycles. The molecule has 13 heavy (non-hydrogen) atoms. The Bertz CT molecular complexity index is 297. The molecule has 2 aliphatic rings. The monoisotopic (exact) mass is 183 g/mol. The predicted molar refractivity (Wildman–Crippen MR) is 41.9 cm³/mol. The third-order valence-electron chi connectivity index (χ3n) is 2.29. The number of aliphatic carboxylic acids is 1. The lowest BCUT2D eigenvalue weighted by Gasteiger charge is -2.08. The summed E-state index contributed by atoms with van der Waals surface area (Å²) in [5.41, 5.74) is 0. The van der Waals surface area contributed by atoms with Crippen LogP contribution in [0.3, 0.4) is 0 Å². The SMILES string of the molecule is O=C(O)C=C1OC(=O)N2CCCC12. The zero-order valence-electron chi connectivity index (χ0n) is 6.90. The van der Waals surface area contributed by atoms with Gasteiger partial charge in [0.25, 0.3) is 0 Å². The minimum Gasteiger partial charge on any atom is -0.478 e. The Morgan fingerprint density at radius 2 is 2.46 bits per heavy atom. The predicted octanol–water partition coefficient (Wildman–Crippen LogP) is 0.570. The van der Waals surface area contributed by atoms with Crippen molar-refractivity contribution in [3.63, 3.8) is 0 Å². The molecule has 1 N–H and O–H groups in total. The largest absolute Gasteiger partial charge is 0.478 e. The Labute approximate surface area is 74.6 Å². The first-order chi connectivity index (χ1) is 6.18. The van der Waals surface area contributed by atoms with Crippen molar-refractivity contribution >= 4 is 12.1 Å². The fourth-order valence-electron chi connectivity index (χ4n) is 1.76. The first kappa shape index (κ1) is 8.10. The highest BCUT2D eigenvalue weighted by Crippen LogP contribution is 2.31. The first-order valence-corrected chi connectivity index (χ1v) is 4.11. The molecule has 5 nitrogen and oxygen atoms in total. The van der Waals surface area contributed by atoms with E-state index in [0.717, 1.165) is 18.9 Å². The van der Waals surface area contributed by atoms with Gasteiger partial charge in [-0.2, -0.15) is 0 Å². The number of ether oxygens (including phenoxy) is 1. The number of carbonyl (C=O) groups excluding carboxylic acids is 1. The van der Waals surface area contributed by atoms with Gasteiger partial charge in [-0.3, -0.25) is 4.90 Å². The molecule has 70 valence electrons. The molecular formula is C8H9NO4. The normalized spacial score (nSPS) is 29.2. The fourth-order valence-corrected chi connectivity index (χ4v) is 1.76. The third kappa shape index (κ3) is 1.26. The maximum atomic E-state index is 11.1. The molecule has 0 aromatic rings. The van der Waals surface area contributed by atoms with E-state index >= 15 is 0 Å². The highest BCUT2D eigenvalue weighted by atomic mass is 16.6. The number of amides is 1. The summed E-state index contributed by atoms with van der Waals surface area (Å²) < 4.78 is 4.81. The molecule has 2 rings (SSSR count). The molecule has 1 amide bonds. The quantitative estimate of drug-likeness (QED) is 0.603. The Kier molecular flexibility index (Phi) is 1.72. The average molecular weight is 183 g/mol. The van der Waals surface area contributed by atoms with E-state index in [1.54, 1.807) is 4.90 Å². The van der Waals surface area contributed by atoms with Gasteiger partial charge in [-0.1, -0.05) is 0 Å². The number of hydrogen-bond donors (Lipinski definition) is 1. The summed E-state index contributed by atoms with van der Waals surface area (Å²) in [7, 11) is 0. The average Bonchev–Trinajstić information content (AvgIpc) is 2.56. The fraction of sp³-hybridized carbons (Fsp3) is 0.500. The van der Waals surface area contributed by atoms with E-state index in [2.05, 4.69) is 0 Å². The van der Waals surface area contributed by atoms with E-state index < -0.39 is 12.1 Å². The summed E-state index contributed by atoms with van der Waals surface area (Å²) in [5.74, 6) is -0.799. The molecule has 2 aliphatic heterocycles. The number of carboxylic acids is 1. The van der Waals surface area contributed by atoms with Gasteiger partial charge in [-0.05, 0) is 12.8 Å². The molecule has 0 aliphatic carbocycles. The van der Waals surface area contributed by atoms with Crippen LogP contribution in [0.1, 0.15) is 12.8 Å². The third-order valence-corrected chi connectivity index (χ3v) is 2.29. The van der Waals surface area contributed by atoms with Crippen LogP contribution in [0, 0.1) is 0 Å². The van der Waals surface area contributed by atoms with E-state index in [4.69, 9.17) is 9.84 Å². The number of carboxylic acid groups (broad SMARTS) is 1. The van der Waals surface area contributed by atoms with Crippen molar-refractivity contribution < 1.29 is 19.4 Å². The van der Waals surface area contributed by atoms with Crippen molar-refractivity contribution in [1.82, 2.24) is 4.90 Å². The summed E-state index contributed by atoms with van der Waals surface area (Å²) in [6.45, 7) is 0.667. The minimum atomic E-state index is -1.07. The minimum absolute atomic E-state index is 0.136. The van der Waals surface area contributed by atoms with Gasteiger partial charge in [-0.15, -0.1) is 0 Å². The van der Waals surface area contributed by atoms with Gasteiger partial charge in [-0.25, -0.2) is 9.59 Å². The van der Waals surface area contributed by atoms with Crippen LogP contribution < -0.4 is 0 Å². The van der Waals surface area contributed by atoms with Gasteiger partial charge in [0.05, 0.1) is 12.1 Å². The molecule has 0 saturated carbocycles. The maximum Gasteiger partial charge on any atom is 0.415 e. The van der Waals surface area contributed by atoms with Crippen LogP contribution in [0.15, 0.2) is 11.8 Å². The van der Waals surface area contributed by atoms with E-state index in [-0.39, 0.29) is 11.8 Å². The lowest BCUT2D eigenvalue weighted by molar-refractivity contribution is -0.131. The number of nitrogens with zero attached hydrogens (tertiary/aromatic N) is 1. The van der Waals surface area contributed by atoms with E-state index in [0.29, 0.717) is 6.54 Å². The molecule has 1 unspecified atom stereocenters. The van der Waals surface area contributed by atoms with Gasteiger partial charge >= 0.3 is 12.1 Å². The number of rotatable bonds is 1. The summed E-state index contributed by atoms with van der Waals surface area (Å²) in [6.07, 6.45) is 2.25. The van der Waals surface area contributed by atoms with E-state index in [1.807, 2.05) is 0 Å². The van der Waals surface area contributed by atoms with Crippen LogP contribution in [0.4, 0.5) is 4.79 Å². The Hall–Kier alpha value is -1.52. The lowest BCUT2D eigenvalue weighted by atomic mass is 10.2. The van der Waals surface area contributed by atoms with Gasteiger partial charge in [0.15, 0.2) is 0 Å². The van der Waals surface area contributed by atoms with Crippen molar-refractivity contribution in [2.45, 2.75) is 18.9 Å². The first-order valence-electron chi connectivity index (χ1n) is 4.11. The second-order valence-electron chi connectivity index (χ2n) is 3.10. The standard InChI is InChI=1S/C8H9NO4/c10-7(11)4-6-5-2-1-3-9(5)8(12)13-6/h4-5H,1-3H2,(H,10,11). The molecular weight excluding hydrogens is 174 g/mol. The number of carbonyl (C=O) groups is 2. The van der Waals surface area contributed by atoms with E-state index in [1.165, 1.54) is 0 Å². The van der Waals surface area contributed by atoms with Crippen LogP contribution in [0.5, 0.6) is 0 Å². The molecule has 0 radical (unpaired) electrons. The van der Waals surface area contributed by atoms with Crippen LogP contribution >= 0.6 is 0 Å². The molecule has 0 aromatic heterocycles. The van der Waals surface area contributed by atoms with E-state index in [9.17, 15) is 9.59 Å². The molecule has 5 heteroatoms. The van der Waals surface area contributed by atoms with Crippen molar-refractivity contribution in [3.05, 3.63) is 11.8 Å². The Balaban J connectivity index is 2.24. The van der Waals surface area contributed by atoms with Crippen molar-refractivity contribution in [2.24, 2.45) is 0 Å². The van der Waals surface area contributed by atoms with Crippen LogP contribution in [0.25, 0.3) is 0 Å². The highest BCUT2D eigenvalue weighted by Gasteiger charge is 2.41. The molecule has 2 heterocycles. The van der Waals surface area contributed by atoms with Gasteiger partial charge < -0.3 is 9.84 Å². The summed E-state index contributed by atoms with van der Waals surface area (Å²) in [6, 6.07) is -0.136. The number of fused-ring (bicyclic) bond motifs is 1. The maximum absolute atomic E-state index is 11.1. The number of cyclic esters (lactones) is 1. The molecule has 1 atom stereocenters. The van der Waals surface area contributed by atoms with Crippen LogP contribution in [0.2, 0.25) is 0 Å². The van der Waals surface area contributed by atoms with Crippen LogP contribution in [-0.4, -0.2) is 34.7 Å². The second kappa shape index (κ2) is 2.76. The number of hydrogen-bond acceptors (Lipinski definition) is 3. The summed E-state index contributed by atoms with van der Waals surface area (Å²) in [5, 5.41) is 8.49. The molecule has 0 bridgehead atoms.